The molecule has 0 radical (unpaired) electrons. The van der Waals surface area contributed by atoms with Gasteiger partial charge < -0.3 is 9.84 Å². The number of hydrogen-bond acceptors (Lipinski definition) is 6. The first-order valence-electron chi connectivity index (χ1n) is 9.35. The number of carbonyl (C=O) groups is 1. The number of pyridine rings is 1. The van der Waals surface area contributed by atoms with Crippen molar-refractivity contribution in [3.63, 3.8) is 0 Å². The molecule has 4 aromatic rings. The van der Waals surface area contributed by atoms with Crippen molar-refractivity contribution in [3.05, 3.63) is 66.9 Å². The maximum absolute atomic E-state index is 12.3. The lowest BCUT2D eigenvalue weighted by atomic mass is 10.2. The van der Waals surface area contributed by atoms with Crippen LogP contribution in [0.4, 0.5) is 0 Å². The number of hydrogen-bond donors (Lipinski definition) is 1. The van der Waals surface area contributed by atoms with Gasteiger partial charge in [0, 0.05) is 24.0 Å². The Bertz CT molecular complexity index is 1120. The summed E-state index contributed by atoms with van der Waals surface area (Å²) in [6.07, 6.45) is 5.69. The topological polar surface area (TPSA) is 98.7 Å². The third kappa shape index (κ3) is 3.91. The zero-order valence-electron chi connectivity index (χ0n) is 16.1. The van der Waals surface area contributed by atoms with E-state index in [0.29, 0.717) is 28.8 Å². The molecule has 8 heteroatoms. The number of aromatic nitrogens is 5. The largest absolute Gasteiger partial charge is 0.348 e. The van der Waals surface area contributed by atoms with E-state index in [1.54, 1.807) is 29.4 Å². The lowest BCUT2D eigenvalue weighted by molar-refractivity contribution is 0.0934. The molecule has 4 rings (SSSR count). The normalized spacial score (nSPS) is 11.9. The average molecular weight is 388 g/mol. The van der Waals surface area contributed by atoms with Gasteiger partial charge in [0.25, 0.3) is 11.8 Å². The minimum Gasteiger partial charge on any atom is -0.348 e. The SMILES string of the molecule is CC[C@H](C)NC(=O)c1cn(-c2ncccc2-c2nc(-c3ccccc3)no2)cn1. The molecule has 3 heterocycles. The Morgan fingerprint density at radius 3 is 2.79 bits per heavy atom. The highest BCUT2D eigenvalue weighted by Gasteiger charge is 2.18. The molecule has 1 N–H and O–H groups in total. The minimum atomic E-state index is -0.222. The van der Waals surface area contributed by atoms with Crippen molar-refractivity contribution in [2.45, 2.75) is 26.3 Å². The minimum absolute atomic E-state index is 0.0767. The van der Waals surface area contributed by atoms with Crippen LogP contribution >= 0.6 is 0 Å². The van der Waals surface area contributed by atoms with Gasteiger partial charge in [0.05, 0.1) is 5.56 Å². The van der Waals surface area contributed by atoms with Gasteiger partial charge in [0.2, 0.25) is 5.82 Å². The van der Waals surface area contributed by atoms with Crippen LogP contribution < -0.4 is 5.32 Å². The van der Waals surface area contributed by atoms with Crippen molar-refractivity contribution in [2.24, 2.45) is 0 Å². The standard InChI is InChI=1S/C21H20N6O2/c1-3-14(2)24-20(28)17-12-27(13-23-17)19-16(10-7-11-22-19)21-25-18(26-29-21)15-8-5-4-6-9-15/h4-14H,3H2,1-2H3,(H,24,28)/t14-/m0/s1. The zero-order chi connectivity index (χ0) is 20.2. The van der Waals surface area contributed by atoms with Crippen LogP contribution in [0.3, 0.4) is 0 Å². The summed E-state index contributed by atoms with van der Waals surface area (Å²) in [5.41, 5.74) is 1.82. The van der Waals surface area contributed by atoms with Crippen LogP contribution in [0.1, 0.15) is 30.8 Å². The van der Waals surface area contributed by atoms with E-state index in [1.165, 1.54) is 0 Å². The first kappa shape index (κ1) is 18.5. The molecular formula is C21H20N6O2. The molecule has 0 spiro atoms. The summed E-state index contributed by atoms with van der Waals surface area (Å²) in [4.78, 5) is 25.5. The maximum Gasteiger partial charge on any atom is 0.271 e. The van der Waals surface area contributed by atoms with Crippen LogP contribution in [0.2, 0.25) is 0 Å². The molecule has 0 unspecified atom stereocenters. The summed E-state index contributed by atoms with van der Waals surface area (Å²) >= 11 is 0. The number of carbonyl (C=O) groups excluding carboxylic acids is 1. The molecule has 29 heavy (non-hydrogen) atoms. The molecular weight excluding hydrogens is 368 g/mol. The van der Waals surface area contributed by atoms with Gasteiger partial charge in [-0.3, -0.25) is 9.36 Å². The molecule has 0 aliphatic carbocycles. The fourth-order valence-corrected chi connectivity index (χ4v) is 2.76. The monoisotopic (exact) mass is 388 g/mol. The van der Waals surface area contributed by atoms with Gasteiger partial charge in [0.1, 0.15) is 12.0 Å². The fourth-order valence-electron chi connectivity index (χ4n) is 2.76. The molecule has 3 aromatic heterocycles. The van der Waals surface area contributed by atoms with E-state index in [2.05, 4.69) is 25.4 Å². The second-order valence-corrected chi connectivity index (χ2v) is 6.61. The summed E-state index contributed by atoms with van der Waals surface area (Å²) in [5.74, 6) is 1.16. The quantitative estimate of drug-likeness (QED) is 0.543. The average Bonchev–Trinajstić information content (AvgIpc) is 3.44. The van der Waals surface area contributed by atoms with Crippen LogP contribution in [0, 0.1) is 0 Å². The van der Waals surface area contributed by atoms with Gasteiger partial charge in [-0.2, -0.15) is 4.98 Å². The highest BCUT2D eigenvalue weighted by molar-refractivity contribution is 5.92. The van der Waals surface area contributed by atoms with Gasteiger partial charge >= 0.3 is 0 Å². The van der Waals surface area contributed by atoms with E-state index in [4.69, 9.17) is 4.52 Å². The third-order valence-corrected chi connectivity index (χ3v) is 4.52. The van der Waals surface area contributed by atoms with Crippen molar-refractivity contribution < 1.29 is 9.32 Å². The van der Waals surface area contributed by atoms with Crippen LogP contribution in [0.25, 0.3) is 28.7 Å². The molecule has 0 saturated heterocycles. The Kier molecular flexibility index (Phi) is 5.15. The predicted octanol–water partition coefficient (Wildman–Crippen LogP) is 3.51. The Balaban J connectivity index is 1.65. The first-order valence-corrected chi connectivity index (χ1v) is 9.35. The molecule has 1 aromatic carbocycles. The Hall–Kier alpha value is -3.81. The van der Waals surface area contributed by atoms with Gasteiger partial charge in [-0.25, -0.2) is 9.97 Å². The van der Waals surface area contributed by atoms with Crippen LogP contribution in [0.15, 0.2) is 65.7 Å². The number of nitrogens with zero attached hydrogens (tertiary/aromatic N) is 5. The second kappa shape index (κ2) is 8.05. The van der Waals surface area contributed by atoms with Crippen LogP contribution in [-0.2, 0) is 0 Å². The summed E-state index contributed by atoms with van der Waals surface area (Å²) < 4.78 is 7.15. The van der Waals surface area contributed by atoms with Gasteiger partial charge in [0.15, 0.2) is 5.82 Å². The second-order valence-electron chi connectivity index (χ2n) is 6.61. The lowest BCUT2D eigenvalue weighted by Crippen LogP contribution is -2.32. The summed E-state index contributed by atoms with van der Waals surface area (Å²) in [7, 11) is 0. The fraction of sp³-hybridized carbons (Fsp3) is 0.190. The van der Waals surface area contributed by atoms with Crippen LogP contribution in [0.5, 0.6) is 0 Å². The Morgan fingerprint density at radius 1 is 1.17 bits per heavy atom. The van der Waals surface area contributed by atoms with E-state index in [0.717, 1.165) is 12.0 Å². The van der Waals surface area contributed by atoms with Crippen LogP contribution in [-0.4, -0.2) is 36.6 Å². The Labute approximate surface area is 167 Å². The number of nitrogens with one attached hydrogen (secondary N) is 1. The highest BCUT2D eigenvalue weighted by atomic mass is 16.5. The van der Waals surface area contributed by atoms with E-state index in [1.807, 2.05) is 50.2 Å². The van der Waals surface area contributed by atoms with E-state index in [-0.39, 0.29) is 11.9 Å². The maximum atomic E-state index is 12.3. The Morgan fingerprint density at radius 2 is 2.00 bits per heavy atom. The van der Waals surface area contributed by atoms with E-state index < -0.39 is 0 Å². The lowest BCUT2D eigenvalue weighted by Gasteiger charge is -2.09. The number of rotatable bonds is 6. The van der Waals surface area contributed by atoms with Gasteiger partial charge in [-0.05, 0) is 25.5 Å². The first-order chi connectivity index (χ1) is 14.2. The van der Waals surface area contributed by atoms with Gasteiger partial charge in [-0.15, -0.1) is 0 Å². The molecule has 0 saturated carbocycles. The smallest absolute Gasteiger partial charge is 0.271 e. The van der Waals surface area contributed by atoms with Crippen molar-refractivity contribution in [3.8, 4) is 28.7 Å². The van der Waals surface area contributed by atoms with Crippen molar-refractivity contribution >= 4 is 5.91 Å². The van der Waals surface area contributed by atoms with E-state index >= 15 is 0 Å². The summed E-state index contributed by atoms with van der Waals surface area (Å²) in [5, 5.41) is 6.97. The van der Waals surface area contributed by atoms with Crippen molar-refractivity contribution in [1.82, 2.24) is 30.0 Å². The zero-order valence-corrected chi connectivity index (χ0v) is 16.1. The van der Waals surface area contributed by atoms with Gasteiger partial charge in [-0.1, -0.05) is 42.4 Å². The number of benzene rings is 1. The molecule has 8 nitrogen and oxygen atoms in total. The molecule has 146 valence electrons. The summed E-state index contributed by atoms with van der Waals surface area (Å²) in [6.45, 7) is 3.96. The molecule has 0 aliphatic rings. The molecule has 0 fully saturated rings. The summed E-state index contributed by atoms with van der Waals surface area (Å²) in [6, 6.07) is 13.3. The van der Waals surface area contributed by atoms with Crippen molar-refractivity contribution in [2.75, 3.05) is 0 Å². The molecule has 0 aliphatic heterocycles. The number of amides is 1. The van der Waals surface area contributed by atoms with E-state index in [9.17, 15) is 4.79 Å². The predicted molar refractivity (Wildman–Crippen MR) is 107 cm³/mol. The molecule has 0 bridgehead atoms. The number of imidazole rings is 1. The third-order valence-electron chi connectivity index (χ3n) is 4.52. The van der Waals surface area contributed by atoms with Crippen molar-refractivity contribution in [1.29, 1.82) is 0 Å². The molecule has 1 atom stereocenters. The molecule has 1 amide bonds. The highest BCUT2D eigenvalue weighted by Crippen LogP contribution is 2.26.